The molecule has 0 bridgehead atoms. The maximum absolute atomic E-state index is 12.8. The second-order valence-electron chi connectivity index (χ2n) is 9.62. The lowest BCUT2D eigenvalue weighted by Gasteiger charge is -2.27. The van der Waals surface area contributed by atoms with Gasteiger partial charge in [-0.3, -0.25) is 4.79 Å². The Morgan fingerprint density at radius 2 is 1.07 bits per heavy atom. The first kappa shape index (κ1) is 32.2. The van der Waals surface area contributed by atoms with Crippen LogP contribution in [0.5, 0.6) is 17.2 Å². The van der Waals surface area contributed by atoms with Gasteiger partial charge in [-0.25, -0.2) is 0 Å². The number of carbonyl (C=O) groups excluding carboxylic acids is 1. The Hall–Kier alpha value is -3.34. The monoisotopic (exact) mass is 635 g/mol. The number of rotatable bonds is 14. The summed E-state index contributed by atoms with van der Waals surface area (Å²) in [6.45, 7) is 0.617. The summed E-state index contributed by atoms with van der Waals surface area (Å²) >= 11 is 0. The molecule has 5 nitrogen and oxygen atoms in total. The fourth-order valence-electron chi connectivity index (χ4n) is 5.23. The summed E-state index contributed by atoms with van der Waals surface area (Å²) < 4.78 is 16.1. The van der Waals surface area contributed by atoms with Gasteiger partial charge in [0.25, 0.3) is 5.91 Å². The van der Waals surface area contributed by atoms with Crippen molar-refractivity contribution in [1.82, 2.24) is 5.32 Å². The van der Waals surface area contributed by atoms with Gasteiger partial charge in [0, 0.05) is 12.1 Å². The van der Waals surface area contributed by atoms with Crippen molar-refractivity contribution in [1.29, 1.82) is 0 Å². The Bertz CT molecular complexity index is 1230. The van der Waals surface area contributed by atoms with E-state index in [0.717, 1.165) is 31.8 Å². The normalized spacial score (nSPS) is 10.8. The summed E-state index contributed by atoms with van der Waals surface area (Å²) in [5, 5.41) is 7.30. The highest BCUT2D eigenvalue weighted by atomic mass is 79.9. The molecule has 216 valence electrons. The van der Waals surface area contributed by atoms with Gasteiger partial charge >= 0.3 is 0 Å². The molecule has 7 heteroatoms. The first-order chi connectivity index (χ1) is 19.6. The molecule has 0 heterocycles. The Morgan fingerprint density at radius 3 is 1.49 bits per heavy atom. The molecule has 0 aliphatic heterocycles. The molecule has 0 unspecified atom stereocenters. The molecule has 4 rings (SSSR count). The van der Waals surface area contributed by atoms with Gasteiger partial charge in [-0.15, -0.1) is 0 Å². The van der Waals surface area contributed by atoms with E-state index in [9.17, 15) is 4.79 Å². The van der Waals surface area contributed by atoms with Gasteiger partial charge in [0.1, 0.15) is 23.2 Å². The van der Waals surface area contributed by atoms with Crippen LogP contribution in [0.3, 0.4) is 0 Å². The lowest BCUT2D eigenvalue weighted by atomic mass is 10.1. The first-order valence-corrected chi connectivity index (χ1v) is 15.7. The Kier molecular flexibility index (Phi) is 12.7. The van der Waals surface area contributed by atoms with Crippen LogP contribution in [-0.2, 0) is 0 Å². The quantitative estimate of drug-likeness (QED) is 0.171. The van der Waals surface area contributed by atoms with E-state index in [0.29, 0.717) is 29.4 Å². The van der Waals surface area contributed by atoms with Crippen LogP contribution in [-0.4, -0.2) is 39.9 Å². The predicted molar refractivity (Wildman–Crippen MR) is 167 cm³/mol. The summed E-state index contributed by atoms with van der Waals surface area (Å²) in [5.41, 5.74) is 0.484. The second kappa shape index (κ2) is 16.2. The van der Waals surface area contributed by atoms with Crippen molar-refractivity contribution < 1.29 is 36.0 Å². The van der Waals surface area contributed by atoms with Gasteiger partial charge in [-0.2, -0.15) is 0 Å². The fourth-order valence-corrected chi connectivity index (χ4v) is 9.64. The van der Waals surface area contributed by atoms with Crippen LogP contribution in [0.2, 0.25) is 0 Å². The minimum Gasteiger partial charge on any atom is -1.00 e. The minimum absolute atomic E-state index is 0. The predicted octanol–water partition coefficient (Wildman–Crippen LogP) is 3.00. The molecule has 0 aromatic heterocycles. The van der Waals surface area contributed by atoms with Gasteiger partial charge in [-0.1, -0.05) is 61.0 Å². The van der Waals surface area contributed by atoms with Crippen molar-refractivity contribution in [2.24, 2.45) is 0 Å². The molecule has 0 saturated heterocycles. The maximum atomic E-state index is 12.8. The van der Waals surface area contributed by atoms with Gasteiger partial charge < -0.3 is 36.5 Å². The zero-order valence-corrected chi connectivity index (χ0v) is 26.5. The van der Waals surface area contributed by atoms with E-state index < -0.39 is 7.26 Å². The van der Waals surface area contributed by atoms with E-state index in [4.69, 9.17) is 14.2 Å². The average molecular weight is 637 g/mol. The first-order valence-electron chi connectivity index (χ1n) is 13.8. The van der Waals surface area contributed by atoms with Crippen molar-refractivity contribution >= 4 is 29.1 Å². The number of carbonyl (C=O) groups is 1. The minimum atomic E-state index is -1.79. The molecule has 0 atom stereocenters. The van der Waals surface area contributed by atoms with Gasteiger partial charge in [0.15, 0.2) is 11.5 Å². The van der Waals surface area contributed by atoms with E-state index in [1.807, 2.05) is 0 Å². The van der Waals surface area contributed by atoms with Crippen LogP contribution in [0, 0.1) is 0 Å². The Labute approximate surface area is 255 Å². The smallest absolute Gasteiger partial charge is 0.251 e. The van der Waals surface area contributed by atoms with Gasteiger partial charge in [-0.05, 0) is 67.8 Å². The molecule has 0 aliphatic carbocycles. The van der Waals surface area contributed by atoms with Gasteiger partial charge in [0.2, 0.25) is 5.75 Å². The third kappa shape index (κ3) is 7.69. The van der Waals surface area contributed by atoms with Crippen LogP contribution in [0.15, 0.2) is 103 Å². The molecule has 1 amide bonds. The molecule has 0 radical (unpaired) electrons. The topological polar surface area (TPSA) is 56.8 Å². The number of nitrogens with one attached hydrogen (secondary N) is 1. The molecule has 4 aromatic rings. The number of unbranched alkanes of at least 4 members (excludes halogenated alkanes) is 3. The summed E-state index contributed by atoms with van der Waals surface area (Å²) in [6, 6.07) is 36.4. The van der Waals surface area contributed by atoms with E-state index in [2.05, 4.69) is 96.3 Å². The molecule has 4 aromatic carbocycles. The molecule has 0 saturated carbocycles. The van der Waals surface area contributed by atoms with Crippen molar-refractivity contribution in [3.8, 4) is 17.2 Å². The van der Waals surface area contributed by atoms with Crippen LogP contribution in [0.1, 0.15) is 36.0 Å². The fraction of sp³-hybridized carbons (Fsp3) is 0.265. The number of methoxy groups -OCH3 is 3. The molecule has 0 spiro atoms. The second-order valence-corrected chi connectivity index (χ2v) is 13.2. The number of hydrogen-bond donors (Lipinski definition) is 1. The van der Waals surface area contributed by atoms with Crippen molar-refractivity contribution in [2.75, 3.05) is 34.0 Å². The standard InChI is InChI=1S/C34H38NO4P.BrH/c1-37-31-25-27(26-32(38-2)33(31)39-3)34(36)35-23-15-4-5-16-24-40(28-17-9-6-10-18-28,29-19-11-7-12-20-29)30-21-13-8-14-22-30;/h6-14,17-22,25-26H,4-5,15-16,23-24H2,1-3H3;1H. The third-order valence-electron chi connectivity index (χ3n) is 7.22. The zero-order chi connectivity index (χ0) is 28.2. The van der Waals surface area contributed by atoms with Crippen molar-refractivity contribution in [2.45, 2.75) is 25.7 Å². The maximum Gasteiger partial charge on any atom is 0.251 e. The highest BCUT2D eigenvalue weighted by Gasteiger charge is 2.44. The lowest BCUT2D eigenvalue weighted by Crippen LogP contribution is -3.00. The van der Waals surface area contributed by atoms with Crippen LogP contribution < -0.4 is 52.4 Å². The SMILES string of the molecule is COc1cc(C(=O)NCCCCCC[P+](c2ccccc2)(c2ccccc2)c2ccccc2)cc(OC)c1OC.[Br-]. The number of amides is 1. The van der Waals surface area contributed by atoms with Crippen LogP contribution >= 0.6 is 7.26 Å². The summed E-state index contributed by atoms with van der Waals surface area (Å²) in [6.07, 6.45) is 5.31. The molecule has 41 heavy (non-hydrogen) atoms. The molecular formula is C34H39BrNO4P. The largest absolute Gasteiger partial charge is 1.00 e. The van der Waals surface area contributed by atoms with Crippen molar-refractivity contribution in [3.63, 3.8) is 0 Å². The Balaban J connectivity index is 0.00000462. The highest BCUT2D eigenvalue weighted by Crippen LogP contribution is 2.56. The Morgan fingerprint density at radius 1 is 0.634 bits per heavy atom. The van der Waals surface area contributed by atoms with Crippen LogP contribution in [0.25, 0.3) is 0 Å². The molecule has 1 N–H and O–H groups in total. The average Bonchev–Trinajstić information content (AvgIpc) is 3.02. The van der Waals surface area contributed by atoms with E-state index in [-0.39, 0.29) is 22.9 Å². The van der Waals surface area contributed by atoms with Crippen molar-refractivity contribution in [3.05, 3.63) is 109 Å². The summed E-state index contributed by atoms with van der Waals surface area (Å²) in [4.78, 5) is 12.8. The summed E-state index contributed by atoms with van der Waals surface area (Å²) in [7, 11) is 2.85. The third-order valence-corrected chi connectivity index (χ3v) is 11.7. The number of benzene rings is 4. The molecule has 0 aliphatic rings. The van der Waals surface area contributed by atoms with Gasteiger partial charge in [0.05, 0.1) is 27.5 Å². The lowest BCUT2D eigenvalue weighted by molar-refractivity contribution is -0.0000170. The highest BCUT2D eigenvalue weighted by molar-refractivity contribution is 7.95. The number of halogens is 1. The molecular weight excluding hydrogens is 597 g/mol. The summed E-state index contributed by atoms with van der Waals surface area (Å²) in [5.74, 6) is 1.26. The number of ether oxygens (including phenoxy) is 3. The van der Waals surface area contributed by atoms with E-state index in [1.54, 1.807) is 33.5 Å². The van der Waals surface area contributed by atoms with Crippen LogP contribution in [0.4, 0.5) is 0 Å². The molecule has 0 fully saturated rings. The zero-order valence-electron chi connectivity index (χ0n) is 24.0. The number of hydrogen-bond acceptors (Lipinski definition) is 4. The van der Waals surface area contributed by atoms with E-state index >= 15 is 0 Å². The van der Waals surface area contributed by atoms with E-state index in [1.165, 1.54) is 15.9 Å².